The van der Waals surface area contributed by atoms with Gasteiger partial charge in [0.2, 0.25) is 0 Å². The molecule has 2 aliphatic heterocycles. The fourth-order valence-electron chi connectivity index (χ4n) is 5.44. The lowest BCUT2D eigenvalue weighted by Gasteiger charge is -2.30. The SMILES string of the molecule is COc1ccc(-c2nc(NC(=O)c3cnc(N4CCC(C(=O)O)CC4)cn3)sc2CN2CCC(OC)CC2)cc1C(F)(F)F. The molecule has 2 aliphatic rings. The Balaban J connectivity index is 1.36. The summed E-state index contributed by atoms with van der Waals surface area (Å²) < 4.78 is 51.9. The Labute approximate surface area is 256 Å². The average molecular weight is 635 g/mol. The fourth-order valence-corrected chi connectivity index (χ4v) is 6.46. The summed E-state index contributed by atoms with van der Waals surface area (Å²) in [6, 6.07) is 3.81. The first-order valence-corrected chi connectivity index (χ1v) is 15.0. The number of anilines is 2. The van der Waals surface area contributed by atoms with Crippen LogP contribution in [0.5, 0.6) is 5.75 Å². The van der Waals surface area contributed by atoms with E-state index in [1.807, 2.05) is 4.90 Å². The number of aromatic nitrogens is 3. The van der Waals surface area contributed by atoms with Gasteiger partial charge in [-0.15, -0.1) is 0 Å². The minimum atomic E-state index is -4.63. The van der Waals surface area contributed by atoms with Crippen molar-refractivity contribution >= 4 is 34.2 Å². The largest absolute Gasteiger partial charge is 0.496 e. The van der Waals surface area contributed by atoms with Gasteiger partial charge in [-0.2, -0.15) is 13.2 Å². The highest BCUT2D eigenvalue weighted by Crippen LogP contribution is 2.41. The van der Waals surface area contributed by atoms with Gasteiger partial charge < -0.3 is 19.5 Å². The highest BCUT2D eigenvalue weighted by molar-refractivity contribution is 7.16. The Morgan fingerprint density at radius 2 is 1.80 bits per heavy atom. The van der Waals surface area contributed by atoms with Gasteiger partial charge in [0, 0.05) is 50.3 Å². The number of hydrogen-bond acceptors (Lipinski definition) is 10. The number of carboxylic acids is 1. The van der Waals surface area contributed by atoms with Crippen LogP contribution >= 0.6 is 11.3 Å². The van der Waals surface area contributed by atoms with E-state index >= 15 is 0 Å². The van der Waals surface area contributed by atoms with Crippen molar-refractivity contribution in [1.29, 1.82) is 0 Å². The number of hydrogen-bond donors (Lipinski definition) is 2. The van der Waals surface area contributed by atoms with Crippen LogP contribution in [-0.2, 0) is 22.3 Å². The van der Waals surface area contributed by atoms with Gasteiger partial charge in [0.1, 0.15) is 17.3 Å². The smallest absolute Gasteiger partial charge is 0.419 e. The van der Waals surface area contributed by atoms with Crippen molar-refractivity contribution in [2.24, 2.45) is 5.92 Å². The number of benzene rings is 1. The maximum absolute atomic E-state index is 13.8. The minimum Gasteiger partial charge on any atom is -0.496 e. The molecule has 0 spiro atoms. The Morgan fingerprint density at radius 3 is 2.39 bits per heavy atom. The van der Waals surface area contributed by atoms with Crippen molar-refractivity contribution < 1.29 is 37.3 Å². The molecule has 1 aromatic carbocycles. The summed E-state index contributed by atoms with van der Waals surface area (Å²) >= 11 is 1.20. The molecular formula is C29H33F3N6O5S. The summed E-state index contributed by atoms with van der Waals surface area (Å²) in [5, 5.41) is 12.2. The van der Waals surface area contributed by atoms with Crippen LogP contribution in [0.2, 0.25) is 0 Å². The van der Waals surface area contributed by atoms with E-state index in [2.05, 4.69) is 25.2 Å². The number of nitrogens with zero attached hydrogens (tertiary/aromatic N) is 5. The number of carbonyl (C=O) groups is 2. The molecule has 0 atom stereocenters. The first-order chi connectivity index (χ1) is 21.0. The van der Waals surface area contributed by atoms with Crippen molar-refractivity contribution in [3.05, 3.63) is 46.7 Å². The molecule has 5 rings (SSSR count). The summed E-state index contributed by atoms with van der Waals surface area (Å²) in [7, 11) is 2.87. The van der Waals surface area contributed by atoms with E-state index in [9.17, 15) is 27.9 Å². The van der Waals surface area contributed by atoms with Gasteiger partial charge in [-0.25, -0.2) is 15.0 Å². The number of nitrogens with one attached hydrogen (secondary N) is 1. The van der Waals surface area contributed by atoms with Gasteiger partial charge in [0.25, 0.3) is 5.91 Å². The van der Waals surface area contributed by atoms with Gasteiger partial charge in [0.05, 0.1) is 42.8 Å². The van der Waals surface area contributed by atoms with Gasteiger partial charge in [-0.1, -0.05) is 11.3 Å². The number of methoxy groups -OCH3 is 2. The molecule has 0 aliphatic carbocycles. The lowest BCUT2D eigenvalue weighted by molar-refractivity contribution is -0.142. The van der Waals surface area contributed by atoms with E-state index in [0.717, 1.165) is 32.0 Å². The summed E-state index contributed by atoms with van der Waals surface area (Å²) in [4.78, 5) is 42.3. The van der Waals surface area contributed by atoms with Gasteiger partial charge in [0.15, 0.2) is 5.13 Å². The summed E-state index contributed by atoms with van der Waals surface area (Å²) in [5.74, 6) is -1.50. The number of likely N-dealkylation sites (tertiary alicyclic amines) is 1. The maximum Gasteiger partial charge on any atom is 0.419 e. The van der Waals surface area contributed by atoms with Crippen LogP contribution in [0.25, 0.3) is 11.3 Å². The van der Waals surface area contributed by atoms with Crippen LogP contribution in [0.15, 0.2) is 30.6 Å². The molecule has 4 heterocycles. The topological polar surface area (TPSA) is 130 Å². The molecule has 3 aromatic rings. The lowest BCUT2D eigenvalue weighted by Crippen LogP contribution is -2.36. The number of alkyl halides is 3. The van der Waals surface area contributed by atoms with Crippen LogP contribution in [0.3, 0.4) is 0 Å². The minimum absolute atomic E-state index is 0.0397. The second-order valence-electron chi connectivity index (χ2n) is 10.7. The second kappa shape index (κ2) is 13.4. The molecule has 236 valence electrons. The number of piperidine rings is 2. The predicted octanol–water partition coefficient (Wildman–Crippen LogP) is 4.79. The first-order valence-electron chi connectivity index (χ1n) is 14.2. The van der Waals surface area contributed by atoms with E-state index in [1.165, 1.54) is 43.0 Å². The average Bonchev–Trinajstić information content (AvgIpc) is 3.42. The third-order valence-electron chi connectivity index (χ3n) is 7.97. The zero-order valence-corrected chi connectivity index (χ0v) is 25.1. The third kappa shape index (κ3) is 7.27. The van der Waals surface area contributed by atoms with Crippen LogP contribution in [-0.4, -0.2) is 83.3 Å². The third-order valence-corrected chi connectivity index (χ3v) is 8.93. The molecule has 0 radical (unpaired) electrons. The van der Waals surface area contributed by atoms with Gasteiger partial charge in [-0.05, 0) is 43.9 Å². The summed E-state index contributed by atoms with van der Waals surface area (Å²) in [5.41, 5.74) is -0.269. The monoisotopic (exact) mass is 634 g/mol. The van der Waals surface area contributed by atoms with Gasteiger partial charge >= 0.3 is 12.1 Å². The molecule has 44 heavy (non-hydrogen) atoms. The van der Waals surface area contributed by atoms with E-state index in [4.69, 9.17) is 9.47 Å². The molecule has 2 saturated heterocycles. The van der Waals surface area contributed by atoms with Crippen molar-refractivity contribution in [3.63, 3.8) is 0 Å². The molecule has 15 heteroatoms. The number of carbonyl (C=O) groups excluding carboxylic acids is 1. The van der Waals surface area contributed by atoms with E-state index in [-0.39, 0.29) is 34.2 Å². The zero-order chi connectivity index (χ0) is 31.4. The normalized spacial score (nSPS) is 17.1. The molecule has 2 fully saturated rings. The number of ether oxygens (including phenoxy) is 2. The molecule has 11 nitrogen and oxygen atoms in total. The van der Waals surface area contributed by atoms with E-state index < -0.39 is 23.6 Å². The van der Waals surface area contributed by atoms with Crippen molar-refractivity contribution in [2.45, 2.75) is 44.5 Å². The van der Waals surface area contributed by atoms with Crippen molar-refractivity contribution in [2.75, 3.05) is 50.6 Å². The first kappa shape index (κ1) is 31.6. The number of aliphatic carboxylic acids is 1. The number of amides is 1. The Kier molecular flexibility index (Phi) is 9.65. The maximum atomic E-state index is 13.8. The van der Waals surface area contributed by atoms with Crippen LogP contribution in [0.1, 0.15) is 46.6 Å². The Bertz CT molecular complexity index is 1470. The Hall–Kier alpha value is -3.82. The molecular weight excluding hydrogens is 601 g/mol. The summed E-state index contributed by atoms with van der Waals surface area (Å²) in [6.45, 7) is 2.99. The standard InChI is InChI=1S/C29H33F3N6O5S/c1-42-19-7-9-37(10-8-19)16-23-25(18-3-4-22(43-2)20(13-18)29(30,31)32)35-28(44-23)36-26(39)21-14-34-24(15-33-21)38-11-5-17(6-12-38)27(40)41/h3-4,13-15,17,19H,5-12,16H2,1-2H3,(H,40,41)(H,35,36,39). The number of rotatable bonds is 9. The predicted molar refractivity (Wildman–Crippen MR) is 157 cm³/mol. The fraction of sp³-hybridized carbons (Fsp3) is 0.483. The van der Waals surface area contributed by atoms with E-state index in [1.54, 1.807) is 7.11 Å². The molecule has 1 amide bonds. The number of thiazole rings is 1. The number of carboxylic acid groups (broad SMARTS) is 1. The zero-order valence-electron chi connectivity index (χ0n) is 24.3. The summed E-state index contributed by atoms with van der Waals surface area (Å²) in [6.07, 6.45) is 1.00. The van der Waals surface area contributed by atoms with Crippen LogP contribution in [0, 0.1) is 5.92 Å². The van der Waals surface area contributed by atoms with Crippen molar-refractivity contribution in [1.82, 2.24) is 19.9 Å². The molecule has 0 unspecified atom stereocenters. The molecule has 0 bridgehead atoms. The molecule has 0 saturated carbocycles. The van der Waals surface area contributed by atoms with Crippen LogP contribution < -0.4 is 15.0 Å². The highest BCUT2D eigenvalue weighted by Gasteiger charge is 2.35. The van der Waals surface area contributed by atoms with Gasteiger partial charge in [-0.3, -0.25) is 19.8 Å². The highest BCUT2D eigenvalue weighted by atomic mass is 32.1. The Morgan fingerprint density at radius 1 is 1.07 bits per heavy atom. The van der Waals surface area contributed by atoms with Crippen LogP contribution in [0.4, 0.5) is 24.1 Å². The quantitative estimate of drug-likeness (QED) is 0.339. The molecule has 2 N–H and O–H groups in total. The second-order valence-corrected chi connectivity index (χ2v) is 11.8. The van der Waals surface area contributed by atoms with Crippen molar-refractivity contribution in [3.8, 4) is 17.0 Å². The molecule has 2 aromatic heterocycles. The van der Waals surface area contributed by atoms with E-state index in [0.29, 0.717) is 48.9 Å². The lowest BCUT2D eigenvalue weighted by atomic mass is 9.97. The number of halogens is 3.